The SMILES string of the molecule is CCC1(C)CN(Cc2nc(C)cs2)C(C)(C2CC2)CN1. The molecule has 112 valence electrons. The Labute approximate surface area is 126 Å². The van der Waals surface area contributed by atoms with Crippen LogP contribution in [0.2, 0.25) is 0 Å². The minimum absolute atomic E-state index is 0.251. The molecule has 1 aromatic heterocycles. The molecule has 3 nitrogen and oxygen atoms in total. The predicted octanol–water partition coefficient (Wildman–Crippen LogP) is 3.19. The summed E-state index contributed by atoms with van der Waals surface area (Å²) in [6.07, 6.45) is 3.98. The molecule has 1 aromatic rings. The van der Waals surface area contributed by atoms with Crippen molar-refractivity contribution in [2.45, 2.75) is 64.6 Å². The fraction of sp³-hybridized carbons (Fsp3) is 0.812. The van der Waals surface area contributed by atoms with Crippen LogP contribution in [0.15, 0.2) is 5.38 Å². The van der Waals surface area contributed by atoms with Crippen molar-refractivity contribution >= 4 is 11.3 Å². The van der Waals surface area contributed by atoms with Crippen molar-refractivity contribution in [1.29, 1.82) is 0 Å². The zero-order chi connectivity index (χ0) is 14.4. The van der Waals surface area contributed by atoms with E-state index in [0.29, 0.717) is 5.54 Å². The number of nitrogens with one attached hydrogen (secondary N) is 1. The Balaban J connectivity index is 1.81. The third-order valence-electron chi connectivity index (χ3n) is 5.37. The lowest BCUT2D eigenvalue weighted by molar-refractivity contribution is -0.00139. The number of aromatic nitrogens is 1. The van der Waals surface area contributed by atoms with Crippen LogP contribution in [0, 0.1) is 12.8 Å². The smallest absolute Gasteiger partial charge is 0.107 e. The highest BCUT2D eigenvalue weighted by atomic mass is 32.1. The van der Waals surface area contributed by atoms with Gasteiger partial charge in [0.2, 0.25) is 0 Å². The molecule has 0 amide bonds. The Hall–Kier alpha value is -0.450. The molecule has 3 rings (SSSR count). The molecule has 0 radical (unpaired) electrons. The number of hydrogen-bond donors (Lipinski definition) is 1. The lowest BCUT2D eigenvalue weighted by Gasteiger charge is -2.52. The van der Waals surface area contributed by atoms with Gasteiger partial charge in [0.05, 0.1) is 6.54 Å². The summed E-state index contributed by atoms with van der Waals surface area (Å²) in [6.45, 7) is 12.5. The fourth-order valence-corrected chi connectivity index (χ4v) is 4.17. The van der Waals surface area contributed by atoms with Gasteiger partial charge in [0, 0.05) is 35.2 Å². The molecule has 1 aliphatic carbocycles. The number of aryl methyl sites for hydroxylation is 1. The van der Waals surface area contributed by atoms with E-state index in [9.17, 15) is 0 Å². The van der Waals surface area contributed by atoms with Crippen LogP contribution in [0.4, 0.5) is 0 Å². The van der Waals surface area contributed by atoms with Gasteiger partial charge in [-0.25, -0.2) is 4.98 Å². The second-order valence-electron chi connectivity index (χ2n) is 7.14. The van der Waals surface area contributed by atoms with Crippen molar-refractivity contribution in [3.05, 3.63) is 16.1 Å². The Bertz CT molecular complexity index is 482. The summed E-state index contributed by atoms with van der Waals surface area (Å²) in [4.78, 5) is 7.39. The molecule has 1 N–H and O–H groups in total. The van der Waals surface area contributed by atoms with Crippen LogP contribution < -0.4 is 5.32 Å². The number of piperazine rings is 1. The van der Waals surface area contributed by atoms with Crippen molar-refractivity contribution in [2.75, 3.05) is 13.1 Å². The Morgan fingerprint density at radius 2 is 2.20 bits per heavy atom. The van der Waals surface area contributed by atoms with Gasteiger partial charge in [0.1, 0.15) is 5.01 Å². The summed E-state index contributed by atoms with van der Waals surface area (Å²) in [5.41, 5.74) is 1.72. The summed E-state index contributed by atoms with van der Waals surface area (Å²) in [6, 6.07) is 0. The third-order valence-corrected chi connectivity index (χ3v) is 6.32. The van der Waals surface area contributed by atoms with Crippen molar-refractivity contribution in [1.82, 2.24) is 15.2 Å². The number of thiazole rings is 1. The fourth-order valence-electron chi connectivity index (χ4n) is 3.38. The highest BCUT2D eigenvalue weighted by Gasteiger charge is 2.50. The van der Waals surface area contributed by atoms with Gasteiger partial charge in [-0.15, -0.1) is 11.3 Å². The predicted molar refractivity (Wildman–Crippen MR) is 85.1 cm³/mol. The average molecular weight is 293 g/mol. The number of rotatable bonds is 4. The minimum Gasteiger partial charge on any atom is -0.308 e. The summed E-state index contributed by atoms with van der Waals surface area (Å²) in [5.74, 6) is 0.873. The molecular formula is C16H27N3S. The van der Waals surface area contributed by atoms with Crippen LogP contribution in [-0.2, 0) is 6.54 Å². The Morgan fingerprint density at radius 3 is 2.75 bits per heavy atom. The van der Waals surface area contributed by atoms with Crippen LogP contribution in [0.1, 0.15) is 50.7 Å². The monoisotopic (exact) mass is 293 g/mol. The van der Waals surface area contributed by atoms with Gasteiger partial charge in [0.15, 0.2) is 0 Å². The minimum atomic E-state index is 0.251. The average Bonchev–Trinajstić information content (AvgIpc) is 3.20. The van der Waals surface area contributed by atoms with E-state index in [1.807, 2.05) is 11.3 Å². The quantitative estimate of drug-likeness (QED) is 0.924. The molecule has 2 atom stereocenters. The maximum atomic E-state index is 4.68. The van der Waals surface area contributed by atoms with Crippen LogP contribution in [0.5, 0.6) is 0 Å². The van der Waals surface area contributed by atoms with Crippen LogP contribution in [-0.4, -0.2) is 34.1 Å². The molecule has 1 aliphatic heterocycles. The maximum absolute atomic E-state index is 4.68. The van der Waals surface area contributed by atoms with E-state index in [1.165, 1.54) is 24.3 Å². The molecule has 0 spiro atoms. The topological polar surface area (TPSA) is 28.2 Å². The number of hydrogen-bond acceptors (Lipinski definition) is 4. The Kier molecular flexibility index (Phi) is 3.68. The second-order valence-corrected chi connectivity index (χ2v) is 8.08. The van der Waals surface area contributed by atoms with Gasteiger partial charge in [-0.1, -0.05) is 6.92 Å². The van der Waals surface area contributed by atoms with E-state index in [2.05, 4.69) is 48.3 Å². The molecule has 1 saturated heterocycles. The first-order valence-electron chi connectivity index (χ1n) is 7.86. The highest BCUT2D eigenvalue weighted by Crippen LogP contribution is 2.45. The summed E-state index contributed by atoms with van der Waals surface area (Å²) < 4.78 is 0. The van der Waals surface area contributed by atoms with Crippen LogP contribution >= 0.6 is 11.3 Å². The summed E-state index contributed by atoms with van der Waals surface area (Å²) in [7, 11) is 0. The van der Waals surface area contributed by atoms with Gasteiger partial charge in [-0.3, -0.25) is 4.90 Å². The van der Waals surface area contributed by atoms with E-state index in [1.54, 1.807) is 0 Å². The van der Waals surface area contributed by atoms with Crippen LogP contribution in [0.3, 0.4) is 0 Å². The second kappa shape index (κ2) is 5.08. The molecule has 2 aliphatic rings. The molecule has 4 heteroatoms. The molecule has 20 heavy (non-hydrogen) atoms. The van der Waals surface area contributed by atoms with Gasteiger partial charge in [-0.2, -0.15) is 0 Å². The van der Waals surface area contributed by atoms with Gasteiger partial charge in [0.25, 0.3) is 0 Å². The van der Waals surface area contributed by atoms with Gasteiger partial charge >= 0.3 is 0 Å². The zero-order valence-corrected chi connectivity index (χ0v) is 14.0. The molecular weight excluding hydrogens is 266 g/mol. The van der Waals surface area contributed by atoms with Crippen molar-refractivity contribution in [3.8, 4) is 0 Å². The van der Waals surface area contributed by atoms with Gasteiger partial charge < -0.3 is 5.32 Å². The van der Waals surface area contributed by atoms with Crippen molar-refractivity contribution in [2.24, 2.45) is 5.92 Å². The number of nitrogens with zero attached hydrogens (tertiary/aromatic N) is 2. The van der Waals surface area contributed by atoms with E-state index < -0.39 is 0 Å². The summed E-state index contributed by atoms with van der Waals surface area (Å²) >= 11 is 1.81. The normalized spacial score (nSPS) is 35.4. The highest BCUT2D eigenvalue weighted by molar-refractivity contribution is 7.09. The maximum Gasteiger partial charge on any atom is 0.107 e. The summed E-state index contributed by atoms with van der Waals surface area (Å²) in [5, 5.41) is 7.26. The molecule has 2 fully saturated rings. The zero-order valence-electron chi connectivity index (χ0n) is 13.2. The lowest BCUT2D eigenvalue weighted by atomic mass is 9.84. The third kappa shape index (κ3) is 2.66. The van der Waals surface area contributed by atoms with Gasteiger partial charge in [-0.05, 0) is 46.0 Å². The van der Waals surface area contributed by atoms with Crippen LogP contribution in [0.25, 0.3) is 0 Å². The first kappa shape index (κ1) is 14.5. The van der Waals surface area contributed by atoms with Crippen molar-refractivity contribution in [3.63, 3.8) is 0 Å². The Morgan fingerprint density at radius 1 is 1.45 bits per heavy atom. The first-order valence-corrected chi connectivity index (χ1v) is 8.74. The molecule has 2 heterocycles. The van der Waals surface area contributed by atoms with E-state index in [-0.39, 0.29) is 5.54 Å². The van der Waals surface area contributed by atoms with E-state index >= 15 is 0 Å². The van der Waals surface area contributed by atoms with Crippen molar-refractivity contribution < 1.29 is 0 Å². The first-order chi connectivity index (χ1) is 9.45. The molecule has 0 bridgehead atoms. The molecule has 2 unspecified atom stereocenters. The van der Waals surface area contributed by atoms with E-state index in [4.69, 9.17) is 0 Å². The molecule has 0 aromatic carbocycles. The largest absolute Gasteiger partial charge is 0.308 e. The lowest BCUT2D eigenvalue weighted by Crippen LogP contribution is -2.68. The van der Waals surface area contributed by atoms with E-state index in [0.717, 1.165) is 31.2 Å². The standard InChI is InChI=1S/C16H27N3S/c1-5-15(3)11-19(8-14-18-12(2)9-20-14)16(4,10-17-15)13-6-7-13/h9,13,17H,5-8,10-11H2,1-4H3. The molecule has 1 saturated carbocycles.